The van der Waals surface area contributed by atoms with E-state index in [1.165, 1.54) is 5.56 Å². The molecule has 0 unspecified atom stereocenters. The maximum atomic E-state index is 11.9. The molecule has 0 saturated heterocycles. The number of aryl methyl sites for hydroxylation is 2. The first-order valence-electron chi connectivity index (χ1n) is 6.37. The summed E-state index contributed by atoms with van der Waals surface area (Å²) in [5, 5.41) is 2.87. The second-order valence-electron chi connectivity index (χ2n) is 4.66. The third-order valence-corrected chi connectivity index (χ3v) is 3.66. The fourth-order valence-electron chi connectivity index (χ4n) is 1.82. The SMILES string of the molecule is Cc1ccc(/C=C/C(=O)Nc2ccccc2C)c(Br)c1. The molecule has 0 radical (unpaired) electrons. The molecule has 102 valence electrons. The third-order valence-electron chi connectivity index (χ3n) is 2.97. The zero-order valence-corrected chi connectivity index (χ0v) is 13.1. The molecule has 0 aromatic heterocycles. The standard InChI is InChI=1S/C17H16BrNO/c1-12-7-8-14(15(18)11-12)9-10-17(20)19-16-6-4-3-5-13(16)2/h3-11H,1-2H3,(H,19,20)/b10-9+. The maximum Gasteiger partial charge on any atom is 0.248 e. The van der Waals surface area contributed by atoms with E-state index in [1.54, 1.807) is 12.2 Å². The molecule has 1 amide bonds. The van der Waals surface area contributed by atoms with Crippen molar-refractivity contribution in [2.75, 3.05) is 5.32 Å². The Labute approximate surface area is 127 Å². The maximum absolute atomic E-state index is 11.9. The Kier molecular flexibility index (Phi) is 4.74. The molecule has 2 aromatic rings. The summed E-state index contributed by atoms with van der Waals surface area (Å²) < 4.78 is 0.984. The molecular formula is C17H16BrNO. The Morgan fingerprint density at radius 1 is 1.15 bits per heavy atom. The summed E-state index contributed by atoms with van der Waals surface area (Å²) in [4.78, 5) is 11.9. The second kappa shape index (κ2) is 6.53. The molecule has 0 aliphatic carbocycles. The van der Waals surface area contributed by atoms with Crippen LogP contribution in [0.2, 0.25) is 0 Å². The molecule has 0 spiro atoms. The van der Waals surface area contributed by atoms with Crippen LogP contribution < -0.4 is 5.32 Å². The van der Waals surface area contributed by atoms with E-state index in [4.69, 9.17) is 0 Å². The smallest absolute Gasteiger partial charge is 0.248 e. The van der Waals surface area contributed by atoms with Gasteiger partial charge in [-0.15, -0.1) is 0 Å². The van der Waals surface area contributed by atoms with E-state index in [-0.39, 0.29) is 5.91 Å². The lowest BCUT2D eigenvalue weighted by molar-refractivity contribution is -0.111. The first-order valence-corrected chi connectivity index (χ1v) is 7.16. The summed E-state index contributed by atoms with van der Waals surface area (Å²) in [6.45, 7) is 4.00. The van der Waals surface area contributed by atoms with E-state index >= 15 is 0 Å². The van der Waals surface area contributed by atoms with Crippen molar-refractivity contribution in [3.8, 4) is 0 Å². The number of hydrogen-bond acceptors (Lipinski definition) is 1. The lowest BCUT2D eigenvalue weighted by Gasteiger charge is -2.05. The molecule has 0 heterocycles. The van der Waals surface area contributed by atoms with E-state index in [0.29, 0.717) is 0 Å². The van der Waals surface area contributed by atoms with Crippen molar-refractivity contribution in [3.63, 3.8) is 0 Å². The molecule has 3 heteroatoms. The Bertz CT molecular complexity index is 662. The number of carbonyl (C=O) groups is 1. The van der Waals surface area contributed by atoms with E-state index in [1.807, 2.05) is 56.3 Å². The van der Waals surface area contributed by atoms with Gasteiger partial charge in [-0.25, -0.2) is 0 Å². The fraction of sp³-hybridized carbons (Fsp3) is 0.118. The van der Waals surface area contributed by atoms with Gasteiger partial charge in [0.05, 0.1) is 0 Å². The minimum absolute atomic E-state index is 0.133. The number of hydrogen-bond donors (Lipinski definition) is 1. The Hall–Kier alpha value is -1.87. The second-order valence-corrected chi connectivity index (χ2v) is 5.52. The van der Waals surface area contributed by atoms with Gasteiger partial charge >= 0.3 is 0 Å². The van der Waals surface area contributed by atoms with Crippen molar-refractivity contribution >= 4 is 33.6 Å². The molecular weight excluding hydrogens is 314 g/mol. The van der Waals surface area contributed by atoms with Crippen LogP contribution in [0.3, 0.4) is 0 Å². The van der Waals surface area contributed by atoms with E-state index in [9.17, 15) is 4.79 Å². The Balaban J connectivity index is 2.08. The van der Waals surface area contributed by atoms with Gasteiger partial charge in [-0.2, -0.15) is 0 Å². The monoisotopic (exact) mass is 329 g/mol. The van der Waals surface area contributed by atoms with Gasteiger partial charge < -0.3 is 5.32 Å². The molecule has 2 rings (SSSR count). The predicted octanol–water partition coefficient (Wildman–Crippen LogP) is 4.72. The van der Waals surface area contributed by atoms with Crippen molar-refractivity contribution < 1.29 is 4.79 Å². The van der Waals surface area contributed by atoms with Crippen LogP contribution in [0.4, 0.5) is 5.69 Å². The zero-order valence-electron chi connectivity index (χ0n) is 11.5. The fourth-order valence-corrected chi connectivity index (χ4v) is 2.45. The van der Waals surface area contributed by atoms with E-state index in [0.717, 1.165) is 21.3 Å². The molecule has 0 saturated carbocycles. The number of nitrogens with one attached hydrogen (secondary N) is 1. The van der Waals surface area contributed by atoms with Gasteiger partial charge in [0.2, 0.25) is 5.91 Å². The van der Waals surface area contributed by atoms with Gasteiger partial charge in [0, 0.05) is 16.2 Å². The first-order chi connectivity index (χ1) is 9.56. The molecule has 0 aliphatic heterocycles. The average molecular weight is 330 g/mol. The topological polar surface area (TPSA) is 29.1 Å². The molecule has 2 nitrogen and oxygen atoms in total. The zero-order chi connectivity index (χ0) is 14.5. The summed E-state index contributed by atoms with van der Waals surface area (Å²) >= 11 is 3.49. The van der Waals surface area contributed by atoms with E-state index < -0.39 is 0 Å². The first kappa shape index (κ1) is 14.5. The van der Waals surface area contributed by atoms with Gasteiger partial charge in [-0.3, -0.25) is 4.79 Å². The van der Waals surface area contributed by atoms with Crippen LogP contribution in [0.5, 0.6) is 0 Å². The van der Waals surface area contributed by atoms with Crippen LogP contribution in [0.1, 0.15) is 16.7 Å². The van der Waals surface area contributed by atoms with Crippen molar-refractivity contribution in [2.45, 2.75) is 13.8 Å². The van der Waals surface area contributed by atoms with Gasteiger partial charge in [-0.05, 0) is 48.7 Å². The van der Waals surface area contributed by atoms with Crippen LogP contribution in [-0.2, 0) is 4.79 Å². The van der Waals surface area contributed by atoms with Crippen molar-refractivity contribution in [2.24, 2.45) is 0 Å². The van der Waals surface area contributed by atoms with Crippen LogP contribution >= 0.6 is 15.9 Å². The highest BCUT2D eigenvalue weighted by atomic mass is 79.9. The number of para-hydroxylation sites is 1. The Morgan fingerprint density at radius 2 is 1.90 bits per heavy atom. The van der Waals surface area contributed by atoms with E-state index in [2.05, 4.69) is 21.2 Å². The third kappa shape index (κ3) is 3.81. The molecule has 20 heavy (non-hydrogen) atoms. The van der Waals surface area contributed by atoms with Gasteiger partial charge in [-0.1, -0.05) is 46.3 Å². The highest BCUT2D eigenvalue weighted by Crippen LogP contribution is 2.20. The largest absolute Gasteiger partial charge is 0.322 e. The average Bonchev–Trinajstić information content (AvgIpc) is 2.40. The summed E-state index contributed by atoms with van der Waals surface area (Å²) in [7, 11) is 0. The molecule has 0 aliphatic rings. The highest BCUT2D eigenvalue weighted by molar-refractivity contribution is 9.10. The van der Waals surface area contributed by atoms with Crippen LogP contribution in [0, 0.1) is 13.8 Å². The molecule has 1 N–H and O–H groups in total. The van der Waals surface area contributed by atoms with Crippen molar-refractivity contribution in [1.29, 1.82) is 0 Å². The lowest BCUT2D eigenvalue weighted by Crippen LogP contribution is -2.08. The lowest BCUT2D eigenvalue weighted by atomic mass is 10.1. The van der Waals surface area contributed by atoms with Gasteiger partial charge in [0.1, 0.15) is 0 Å². The quantitative estimate of drug-likeness (QED) is 0.811. The van der Waals surface area contributed by atoms with Gasteiger partial charge in [0.15, 0.2) is 0 Å². The van der Waals surface area contributed by atoms with Crippen molar-refractivity contribution in [3.05, 3.63) is 69.7 Å². The predicted molar refractivity (Wildman–Crippen MR) is 87.7 cm³/mol. The number of carbonyl (C=O) groups excluding carboxylic acids is 1. The number of halogens is 1. The number of amides is 1. The van der Waals surface area contributed by atoms with Crippen LogP contribution in [0.25, 0.3) is 6.08 Å². The number of rotatable bonds is 3. The van der Waals surface area contributed by atoms with Crippen molar-refractivity contribution in [1.82, 2.24) is 0 Å². The minimum atomic E-state index is -0.133. The summed E-state index contributed by atoms with van der Waals surface area (Å²) in [5.74, 6) is -0.133. The van der Waals surface area contributed by atoms with Gasteiger partial charge in [0.25, 0.3) is 0 Å². The minimum Gasteiger partial charge on any atom is -0.322 e. The molecule has 2 aromatic carbocycles. The number of benzene rings is 2. The number of anilines is 1. The highest BCUT2D eigenvalue weighted by Gasteiger charge is 2.01. The normalized spacial score (nSPS) is 10.8. The molecule has 0 bridgehead atoms. The molecule has 0 fully saturated rings. The summed E-state index contributed by atoms with van der Waals surface area (Å²) in [6, 6.07) is 13.7. The summed E-state index contributed by atoms with van der Waals surface area (Å²) in [6.07, 6.45) is 3.35. The molecule has 0 atom stereocenters. The Morgan fingerprint density at radius 3 is 2.60 bits per heavy atom. The van der Waals surface area contributed by atoms with Crippen LogP contribution in [-0.4, -0.2) is 5.91 Å². The summed E-state index contributed by atoms with van der Waals surface area (Å²) in [5.41, 5.74) is 4.05. The van der Waals surface area contributed by atoms with Crippen LogP contribution in [0.15, 0.2) is 53.0 Å².